The van der Waals surface area contributed by atoms with Crippen LogP contribution in [0.2, 0.25) is 5.02 Å². The van der Waals surface area contributed by atoms with E-state index in [1.807, 2.05) is 18.7 Å². The van der Waals surface area contributed by atoms with Gasteiger partial charge in [0.05, 0.1) is 12.2 Å². The molecule has 1 saturated heterocycles. The normalized spacial score (nSPS) is 15.5. The molecule has 12 heteroatoms. The Morgan fingerprint density at radius 3 is 2.59 bits per heavy atom. The minimum atomic E-state index is -0.837. The summed E-state index contributed by atoms with van der Waals surface area (Å²) >= 11 is 6.03. The van der Waals surface area contributed by atoms with E-state index >= 15 is 0 Å². The van der Waals surface area contributed by atoms with Gasteiger partial charge >= 0.3 is 6.09 Å². The van der Waals surface area contributed by atoms with Crippen LogP contribution in [0.25, 0.3) is 11.1 Å². The first-order valence-electron chi connectivity index (χ1n) is 11.8. The predicted molar refractivity (Wildman–Crippen MR) is 141 cm³/mol. The van der Waals surface area contributed by atoms with Gasteiger partial charge in [-0.05, 0) is 50.5 Å². The van der Waals surface area contributed by atoms with Gasteiger partial charge in [-0.1, -0.05) is 23.7 Å². The number of pyridine rings is 1. The molecule has 4 rings (SSSR count). The fourth-order valence-electron chi connectivity index (χ4n) is 4.21. The first-order valence-corrected chi connectivity index (χ1v) is 12.2. The van der Waals surface area contributed by atoms with Gasteiger partial charge in [-0.15, -0.1) is 0 Å². The standard InChI is InChI=1S/C25H28ClN7O4/c1-14(2)33-12-17(10-19(23(33)35)15-5-7-16(26)8-6-15)30-22-20(21(27)34)11-29-25(31-22)32-9-3-4-18(13-32)37-24(28)36/h5-8,10-12,14,18H,3-4,9,13H2,1-2H3,(H2,27,34)(H2,28,36)(H,29,30,31). The molecule has 11 nitrogen and oxygen atoms in total. The van der Waals surface area contributed by atoms with Crippen LogP contribution in [0.3, 0.4) is 0 Å². The summed E-state index contributed by atoms with van der Waals surface area (Å²) in [6.45, 7) is 4.79. The van der Waals surface area contributed by atoms with Gasteiger partial charge in [0.25, 0.3) is 11.5 Å². The van der Waals surface area contributed by atoms with E-state index in [0.29, 0.717) is 47.3 Å². The van der Waals surface area contributed by atoms with Crippen molar-refractivity contribution in [2.75, 3.05) is 23.3 Å². The summed E-state index contributed by atoms with van der Waals surface area (Å²) in [5.74, 6) is -0.190. The molecule has 2 amide bonds. The molecule has 1 aromatic carbocycles. The maximum Gasteiger partial charge on any atom is 0.404 e. The molecule has 0 saturated carbocycles. The minimum Gasteiger partial charge on any atom is -0.445 e. The number of carbonyl (C=O) groups is 2. The summed E-state index contributed by atoms with van der Waals surface area (Å²) in [5.41, 5.74) is 12.4. The SMILES string of the molecule is CC(C)n1cc(Nc2nc(N3CCCC(OC(N)=O)C3)ncc2C(N)=O)cc(-c2ccc(Cl)cc2)c1=O. The van der Waals surface area contributed by atoms with Crippen molar-refractivity contribution in [3.8, 4) is 11.1 Å². The number of primary amides is 2. The second-order valence-corrected chi connectivity index (χ2v) is 9.46. The third-order valence-electron chi connectivity index (χ3n) is 6.00. The lowest BCUT2D eigenvalue weighted by Crippen LogP contribution is -2.42. The molecule has 1 fully saturated rings. The van der Waals surface area contributed by atoms with E-state index in [9.17, 15) is 14.4 Å². The topological polar surface area (TPSA) is 158 Å². The number of anilines is 3. The fraction of sp³-hybridized carbons (Fsp3) is 0.320. The Hall–Kier alpha value is -4.12. The van der Waals surface area contributed by atoms with Crippen LogP contribution < -0.4 is 27.2 Å². The Kier molecular flexibility index (Phi) is 7.63. The van der Waals surface area contributed by atoms with Crippen molar-refractivity contribution in [3.05, 3.63) is 63.7 Å². The van der Waals surface area contributed by atoms with Crippen molar-refractivity contribution < 1.29 is 14.3 Å². The Balaban J connectivity index is 1.73. The highest BCUT2D eigenvalue weighted by atomic mass is 35.5. The van der Waals surface area contributed by atoms with Gasteiger partial charge in [-0.25, -0.2) is 9.78 Å². The van der Waals surface area contributed by atoms with E-state index in [0.717, 1.165) is 6.42 Å². The molecule has 1 aliphatic heterocycles. The van der Waals surface area contributed by atoms with Gasteiger partial charge in [0.15, 0.2) is 0 Å². The summed E-state index contributed by atoms with van der Waals surface area (Å²) in [5, 5.41) is 3.71. The fourth-order valence-corrected chi connectivity index (χ4v) is 4.33. The van der Waals surface area contributed by atoms with Crippen molar-refractivity contribution in [1.29, 1.82) is 0 Å². The van der Waals surface area contributed by atoms with Gasteiger partial charge in [0, 0.05) is 35.6 Å². The number of halogens is 1. The number of nitrogens with two attached hydrogens (primary N) is 2. The summed E-state index contributed by atoms with van der Waals surface area (Å²) in [6, 6.07) is 8.53. The Morgan fingerprint density at radius 2 is 1.95 bits per heavy atom. The average molecular weight is 526 g/mol. The van der Waals surface area contributed by atoms with E-state index in [-0.39, 0.29) is 23.0 Å². The molecule has 0 aliphatic carbocycles. The molecule has 3 heterocycles. The second-order valence-electron chi connectivity index (χ2n) is 9.02. The molecule has 0 bridgehead atoms. The molecule has 0 radical (unpaired) electrons. The number of carbonyl (C=O) groups excluding carboxylic acids is 2. The highest BCUT2D eigenvalue weighted by Gasteiger charge is 2.25. The van der Waals surface area contributed by atoms with Gasteiger partial charge in [-0.2, -0.15) is 4.98 Å². The van der Waals surface area contributed by atoms with Gasteiger partial charge in [0.2, 0.25) is 5.95 Å². The number of amides is 2. The lowest BCUT2D eigenvalue weighted by Gasteiger charge is -2.32. The number of hydrogen-bond acceptors (Lipinski definition) is 8. The summed E-state index contributed by atoms with van der Waals surface area (Å²) in [7, 11) is 0. The quantitative estimate of drug-likeness (QED) is 0.423. The number of hydrogen-bond donors (Lipinski definition) is 3. The van der Waals surface area contributed by atoms with Gasteiger partial charge in [-0.3, -0.25) is 9.59 Å². The monoisotopic (exact) mass is 525 g/mol. The molecular formula is C25H28ClN7O4. The summed E-state index contributed by atoms with van der Waals surface area (Å²) in [6.07, 6.45) is 3.20. The lowest BCUT2D eigenvalue weighted by molar-refractivity contribution is 0.0959. The highest BCUT2D eigenvalue weighted by molar-refractivity contribution is 6.30. The first kappa shape index (κ1) is 26.0. The van der Waals surface area contributed by atoms with Crippen LogP contribution in [0.15, 0.2) is 47.5 Å². The zero-order valence-electron chi connectivity index (χ0n) is 20.5. The molecule has 0 spiro atoms. The average Bonchev–Trinajstić information content (AvgIpc) is 2.85. The molecular weight excluding hydrogens is 498 g/mol. The predicted octanol–water partition coefficient (Wildman–Crippen LogP) is 3.45. The summed E-state index contributed by atoms with van der Waals surface area (Å²) in [4.78, 5) is 47.3. The van der Waals surface area contributed by atoms with E-state index < -0.39 is 18.1 Å². The van der Waals surface area contributed by atoms with E-state index in [4.69, 9.17) is 27.8 Å². The maximum absolute atomic E-state index is 13.2. The number of nitrogens with one attached hydrogen (secondary N) is 1. The van der Waals surface area contributed by atoms with Crippen molar-refractivity contribution in [1.82, 2.24) is 14.5 Å². The number of nitrogens with zero attached hydrogens (tertiary/aromatic N) is 4. The zero-order chi connectivity index (χ0) is 26.7. The third kappa shape index (κ3) is 6.00. The Morgan fingerprint density at radius 1 is 1.22 bits per heavy atom. The Labute approximate surface area is 218 Å². The first-order chi connectivity index (χ1) is 17.6. The second kappa shape index (κ2) is 10.9. The zero-order valence-corrected chi connectivity index (χ0v) is 21.2. The van der Waals surface area contributed by atoms with Crippen LogP contribution in [-0.4, -0.2) is 45.7 Å². The molecule has 5 N–H and O–H groups in total. The van der Waals surface area contributed by atoms with Crippen LogP contribution in [0, 0.1) is 0 Å². The van der Waals surface area contributed by atoms with Crippen LogP contribution in [0.4, 0.5) is 22.2 Å². The Bertz CT molecular complexity index is 1370. The highest BCUT2D eigenvalue weighted by Crippen LogP contribution is 2.27. The van der Waals surface area contributed by atoms with Crippen molar-refractivity contribution >= 4 is 41.1 Å². The van der Waals surface area contributed by atoms with Crippen molar-refractivity contribution in [2.45, 2.75) is 38.8 Å². The van der Waals surface area contributed by atoms with Crippen LogP contribution >= 0.6 is 11.6 Å². The minimum absolute atomic E-state index is 0.0843. The van der Waals surface area contributed by atoms with Crippen LogP contribution in [0.5, 0.6) is 0 Å². The number of piperidine rings is 1. The van der Waals surface area contributed by atoms with Gasteiger partial charge in [0.1, 0.15) is 17.5 Å². The van der Waals surface area contributed by atoms with Crippen molar-refractivity contribution in [2.24, 2.45) is 11.5 Å². The third-order valence-corrected chi connectivity index (χ3v) is 6.25. The van der Waals surface area contributed by atoms with E-state index in [2.05, 4.69) is 15.3 Å². The largest absolute Gasteiger partial charge is 0.445 e. The maximum atomic E-state index is 13.2. The summed E-state index contributed by atoms with van der Waals surface area (Å²) < 4.78 is 6.74. The van der Waals surface area contributed by atoms with Crippen molar-refractivity contribution in [3.63, 3.8) is 0 Å². The number of ether oxygens (including phenoxy) is 1. The molecule has 1 atom stereocenters. The molecule has 3 aromatic rings. The lowest BCUT2D eigenvalue weighted by atomic mass is 10.1. The molecule has 194 valence electrons. The number of aromatic nitrogens is 3. The molecule has 37 heavy (non-hydrogen) atoms. The molecule has 1 unspecified atom stereocenters. The smallest absolute Gasteiger partial charge is 0.404 e. The van der Waals surface area contributed by atoms with E-state index in [1.165, 1.54) is 6.20 Å². The van der Waals surface area contributed by atoms with Crippen LogP contribution in [-0.2, 0) is 4.74 Å². The molecule has 1 aliphatic rings. The van der Waals surface area contributed by atoms with Crippen LogP contribution in [0.1, 0.15) is 43.1 Å². The number of rotatable bonds is 7. The number of benzene rings is 1. The molecule has 2 aromatic heterocycles. The van der Waals surface area contributed by atoms with Gasteiger partial charge < -0.3 is 31.0 Å². The van der Waals surface area contributed by atoms with E-state index in [1.54, 1.807) is 41.1 Å².